The van der Waals surface area contributed by atoms with Crippen LogP contribution in [0.5, 0.6) is 0 Å². The molecule has 1 fully saturated rings. The Balaban J connectivity index is 2.08. The molecule has 0 saturated heterocycles. The maximum Gasteiger partial charge on any atom is 0.309 e. The Labute approximate surface area is 138 Å². The summed E-state index contributed by atoms with van der Waals surface area (Å²) in [6, 6.07) is 6.28. The Morgan fingerprint density at radius 3 is 2.57 bits per heavy atom. The van der Waals surface area contributed by atoms with Crippen LogP contribution in [-0.2, 0) is 22.2 Å². The van der Waals surface area contributed by atoms with E-state index in [0.29, 0.717) is 0 Å². The first-order valence-electron chi connectivity index (χ1n) is 8.69. The molecule has 2 N–H and O–H groups in total. The van der Waals surface area contributed by atoms with E-state index in [0.717, 1.165) is 37.7 Å². The summed E-state index contributed by atoms with van der Waals surface area (Å²) in [4.78, 5) is 11.9. The maximum atomic E-state index is 11.9. The van der Waals surface area contributed by atoms with Crippen molar-refractivity contribution < 1.29 is 15.0 Å². The third-order valence-corrected chi connectivity index (χ3v) is 6.55. The number of benzene rings is 1. The Kier molecular flexibility index (Phi) is 3.64. The van der Waals surface area contributed by atoms with Crippen molar-refractivity contribution in [3.05, 3.63) is 34.9 Å². The molecule has 1 saturated carbocycles. The third-order valence-electron chi connectivity index (χ3n) is 6.55. The Hall–Kier alpha value is -1.35. The van der Waals surface area contributed by atoms with Gasteiger partial charge in [0, 0.05) is 0 Å². The molecular weight excluding hydrogens is 288 g/mol. The summed E-state index contributed by atoms with van der Waals surface area (Å²) in [7, 11) is 0. The van der Waals surface area contributed by atoms with Crippen LogP contribution in [-0.4, -0.2) is 16.2 Å². The number of hydrogen-bond donors (Lipinski definition) is 2. The second kappa shape index (κ2) is 5.07. The highest BCUT2D eigenvalue weighted by atomic mass is 16.4. The van der Waals surface area contributed by atoms with Crippen molar-refractivity contribution in [1.29, 1.82) is 0 Å². The van der Waals surface area contributed by atoms with Crippen molar-refractivity contribution >= 4 is 5.97 Å². The molecule has 0 heterocycles. The lowest BCUT2D eigenvalue weighted by Crippen LogP contribution is -2.52. The van der Waals surface area contributed by atoms with Crippen LogP contribution in [0.25, 0.3) is 0 Å². The molecule has 1 unspecified atom stereocenters. The van der Waals surface area contributed by atoms with E-state index < -0.39 is 17.0 Å². The van der Waals surface area contributed by atoms with Gasteiger partial charge in [-0.15, -0.1) is 0 Å². The zero-order chi connectivity index (χ0) is 17.0. The lowest BCUT2D eigenvalue weighted by atomic mass is 9.50. The number of aliphatic carboxylic acids is 1. The molecule has 0 radical (unpaired) electrons. The third kappa shape index (κ3) is 2.40. The molecule has 1 aromatic rings. The fourth-order valence-corrected chi connectivity index (χ4v) is 5.13. The van der Waals surface area contributed by atoms with Gasteiger partial charge >= 0.3 is 5.97 Å². The van der Waals surface area contributed by atoms with Gasteiger partial charge in [0.1, 0.15) is 0 Å². The van der Waals surface area contributed by atoms with Crippen molar-refractivity contribution in [2.75, 3.05) is 0 Å². The van der Waals surface area contributed by atoms with Crippen LogP contribution in [0.2, 0.25) is 0 Å². The number of aryl methyl sites for hydroxylation is 1. The number of fused-ring (bicyclic) bond motifs is 3. The first-order chi connectivity index (χ1) is 10.6. The van der Waals surface area contributed by atoms with Crippen LogP contribution >= 0.6 is 0 Å². The largest absolute Gasteiger partial charge is 0.481 e. The normalized spacial score (nSPS) is 33.7. The molecule has 0 bridgehead atoms. The van der Waals surface area contributed by atoms with Crippen LogP contribution in [0.4, 0.5) is 0 Å². The molecule has 126 valence electrons. The Morgan fingerprint density at radius 1 is 1.26 bits per heavy atom. The minimum atomic E-state index is -0.838. The maximum absolute atomic E-state index is 11.9. The first kappa shape index (κ1) is 16.5. The van der Waals surface area contributed by atoms with Gasteiger partial charge < -0.3 is 10.2 Å². The van der Waals surface area contributed by atoms with E-state index in [2.05, 4.69) is 19.1 Å². The van der Waals surface area contributed by atoms with Crippen molar-refractivity contribution in [2.45, 2.75) is 70.8 Å². The number of hydrogen-bond acceptors (Lipinski definition) is 2. The second-order valence-corrected chi connectivity index (χ2v) is 8.52. The van der Waals surface area contributed by atoms with Gasteiger partial charge in [-0.3, -0.25) is 4.79 Å². The van der Waals surface area contributed by atoms with Gasteiger partial charge in [0.15, 0.2) is 0 Å². The van der Waals surface area contributed by atoms with Crippen molar-refractivity contribution in [1.82, 2.24) is 0 Å². The van der Waals surface area contributed by atoms with Gasteiger partial charge in [0.2, 0.25) is 0 Å². The number of aliphatic hydroxyl groups is 1. The second-order valence-electron chi connectivity index (χ2n) is 8.52. The minimum Gasteiger partial charge on any atom is -0.481 e. The van der Waals surface area contributed by atoms with Crippen molar-refractivity contribution in [2.24, 2.45) is 11.3 Å². The smallest absolute Gasteiger partial charge is 0.309 e. The molecule has 3 nitrogen and oxygen atoms in total. The van der Waals surface area contributed by atoms with Gasteiger partial charge in [-0.05, 0) is 74.5 Å². The van der Waals surface area contributed by atoms with E-state index >= 15 is 0 Å². The van der Waals surface area contributed by atoms with E-state index in [1.807, 2.05) is 26.8 Å². The molecule has 2 aliphatic rings. The van der Waals surface area contributed by atoms with E-state index in [1.54, 1.807) is 0 Å². The quantitative estimate of drug-likeness (QED) is 0.867. The zero-order valence-corrected chi connectivity index (χ0v) is 14.6. The predicted molar refractivity (Wildman–Crippen MR) is 90.4 cm³/mol. The highest BCUT2D eigenvalue weighted by Gasteiger charge is 2.55. The number of carboxylic acids is 1. The van der Waals surface area contributed by atoms with Crippen LogP contribution < -0.4 is 0 Å². The number of rotatable bonds is 2. The number of carboxylic acid groups (broad SMARTS) is 1. The van der Waals surface area contributed by atoms with Crippen LogP contribution in [0.1, 0.15) is 70.1 Å². The molecule has 3 rings (SSSR count). The lowest BCUT2D eigenvalue weighted by Gasteiger charge is -2.53. The van der Waals surface area contributed by atoms with Crippen LogP contribution in [0, 0.1) is 11.3 Å². The van der Waals surface area contributed by atoms with E-state index in [4.69, 9.17) is 0 Å². The Bertz CT molecular complexity index is 643. The highest BCUT2D eigenvalue weighted by molar-refractivity contribution is 5.75. The summed E-state index contributed by atoms with van der Waals surface area (Å²) in [6.45, 7) is 7.81. The van der Waals surface area contributed by atoms with Gasteiger partial charge in [-0.1, -0.05) is 31.5 Å². The van der Waals surface area contributed by atoms with E-state index in [1.165, 1.54) is 11.1 Å². The van der Waals surface area contributed by atoms with Gasteiger partial charge in [0.25, 0.3) is 0 Å². The van der Waals surface area contributed by atoms with Gasteiger partial charge in [-0.2, -0.15) is 0 Å². The molecular formula is C20H28O3. The fraction of sp³-hybridized carbons (Fsp3) is 0.650. The summed E-state index contributed by atoms with van der Waals surface area (Å²) in [5.41, 5.74) is 1.99. The topological polar surface area (TPSA) is 57.5 Å². The van der Waals surface area contributed by atoms with Crippen molar-refractivity contribution in [3.8, 4) is 0 Å². The minimum absolute atomic E-state index is 0.0723. The van der Waals surface area contributed by atoms with E-state index in [-0.39, 0.29) is 11.3 Å². The van der Waals surface area contributed by atoms with Crippen LogP contribution in [0.3, 0.4) is 0 Å². The molecule has 0 amide bonds. The molecule has 23 heavy (non-hydrogen) atoms. The SMILES string of the molecule is CC(C)(O)c1ccc2c(c1)CCC1[C@](C)(C(=O)O)CCC[C@]21C. The molecule has 0 spiro atoms. The summed E-state index contributed by atoms with van der Waals surface area (Å²) < 4.78 is 0. The first-order valence-corrected chi connectivity index (χ1v) is 8.69. The molecule has 0 aliphatic heterocycles. The Morgan fingerprint density at radius 2 is 1.96 bits per heavy atom. The lowest BCUT2D eigenvalue weighted by molar-refractivity contribution is -0.157. The summed E-state index contributed by atoms with van der Waals surface area (Å²) >= 11 is 0. The average Bonchev–Trinajstić information content (AvgIpc) is 2.45. The number of carbonyl (C=O) groups is 1. The highest BCUT2D eigenvalue weighted by Crippen LogP contribution is 2.57. The van der Waals surface area contributed by atoms with E-state index in [9.17, 15) is 15.0 Å². The zero-order valence-electron chi connectivity index (χ0n) is 14.6. The van der Waals surface area contributed by atoms with Crippen molar-refractivity contribution in [3.63, 3.8) is 0 Å². The molecule has 3 atom stereocenters. The standard InChI is InChI=1S/C20H28O3/c1-18(2,23)14-7-8-15-13(12-14)6-9-16-19(15,3)10-5-11-20(16,4)17(21)22/h7-8,12,16,23H,5-6,9-11H2,1-4H3,(H,21,22)/t16?,19-,20-/m1/s1. The van der Waals surface area contributed by atoms with Crippen LogP contribution in [0.15, 0.2) is 18.2 Å². The molecule has 0 aromatic heterocycles. The molecule has 3 heteroatoms. The van der Waals surface area contributed by atoms with Gasteiger partial charge in [-0.25, -0.2) is 0 Å². The molecule has 2 aliphatic carbocycles. The summed E-state index contributed by atoms with van der Waals surface area (Å²) in [6.07, 6.45) is 4.61. The predicted octanol–water partition coefficient (Wildman–Crippen LogP) is 4.01. The fourth-order valence-electron chi connectivity index (χ4n) is 5.13. The monoisotopic (exact) mass is 316 g/mol. The average molecular weight is 316 g/mol. The van der Waals surface area contributed by atoms with Gasteiger partial charge in [0.05, 0.1) is 11.0 Å². The molecule has 1 aromatic carbocycles. The summed E-state index contributed by atoms with van der Waals surface area (Å²) in [5, 5.41) is 20.1. The summed E-state index contributed by atoms with van der Waals surface area (Å²) in [5.74, 6) is -0.466.